The maximum atomic E-state index is 11.3. The molecule has 1 aromatic rings. The van der Waals surface area contributed by atoms with Crippen LogP contribution in [0.3, 0.4) is 0 Å². The Morgan fingerprint density at radius 1 is 1.29 bits per heavy atom. The Kier molecular flexibility index (Phi) is 4.77. The average Bonchev–Trinajstić information content (AvgIpc) is 2.15. The highest BCUT2D eigenvalue weighted by atomic mass is 32.2. The van der Waals surface area contributed by atoms with Crippen molar-refractivity contribution in [2.45, 2.75) is 35.3 Å². The zero-order valence-electron chi connectivity index (χ0n) is 10.1. The van der Waals surface area contributed by atoms with Gasteiger partial charge in [-0.05, 0) is 31.2 Å². The SMILES string of the molecule is CC(=O)CC(C)Sc1ccc(S(C)(=O)=O)cc1. The zero-order valence-corrected chi connectivity index (χ0v) is 11.8. The van der Waals surface area contributed by atoms with Crippen molar-refractivity contribution in [3.63, 3.8) is 0 Å². The standard InChI is InChI=1S/C12H16O3S2/c1-9(13)8-10(2)16-11-4-6-12(7-5-11)17(3,14)15/h4-7,10H,8H2,1-3H3. The second-order valence-electron chi connectivity index (χ2n) is 4.08. The Hall–Kier alpha value is -0.810. The predicted molar refractivity (Wildman–Crippen MR) is 70.2 cm³/mol. The molecule has 0 N–H and O–H groups in total. The van der Waals surface area contributed by atoms with Crippen LogP contribution in [0.15, 0.2) is 34.1 Å². The average molecular weight is 272 g/mol. The summed E-state index contributed by atoms with van der Waals surface area (Å²) >= 11 is 1.58. The molecule has 1 rings (SSSR count). The molecule has 1 unspecified atom stereocenters. The fourth-order valence-corrected chi connectivity index (χ4v) is 3.15. The van der Waals surface area contributed by atoms with Crippen LogP contribution in [0.25, 0.3) is 0 Å². The summed E-state index contributed by atoms with van der Waals surface area (Å²) in [5.41, 5.74) is 0. The lowest BCUT2D eigenvalue weighted by Crippen LogP contribution is -2.03. The summed E-state index contributed by atoms with van der Waals surface area (Å²) in [6.45, 7) is 3.56. The van der Waals surface area contributed by atoms with Crippen LogP contribution in [0.1, 0.15) is 20.3 Å². The van der Waals surface area contributed by atoms with Crippen LogP contribution in [0.4, 0.5) is 0 Å². The number of benzene rings is 1. The topological polar surface area (TPSA) is 51.2 Å². The van der Waals surface area contributed by atoms with E-state index >= 15 is 0 Å². The Morgan fingerprint density at radius 2 is 1.82 bits per heavy atom. The Morgan fingerprint density at radius 3 is 2.24 bits per heavy atom. The van der Waals surface area contributed by atoms with Crippen molar-refractivity contribution in [2.75, 3.05) is 6.26 Å². The van der Waals surface area contributed by atoms with E-state index in [0.717, 1.165) is 4.90 Å². The highest BCUT2D eigenvalue weighted by Crippen LogP contribution is 2.26. The van der Waals surface area contributed by atoms with Crippen molar-refractivity contribution in [3.05, 3.63) is 24.3 Å². The van der Waals surface area contributed by atoms with Gasteiger partial charge < -0.3 is 0 Å². The third kappa shape index (κ3) is 4.91. The van der Waals surface area contributed by atoms with E-state index in [9.17, 15) is 13.2 Å². The molecule has 0 aliphatic carbocycles. The van der Waals surface area contributed by atoms with Gasteiger partial charge in [0.15, 0.2) is 9.84 Å². The second kappa shape index (κ2) is 5.69. The van der Waals surface area contributed by atoms with E-state index in [4.69, 9.17) is 0 Å². The van der Waals surface area contributed by atoms with E-state index in [0.29, 0.717) is 11.3 Å². The summed E-state index contributed by atoms with van der Waals surface area (Å²) in [4.78, 5) is 12.2. The minimum atomic E-state index is -3.13. The molecule has 1 aromatic carbocycles. The summed E-state index contributed by atoms with van der Waals surface area (Å²) in [6, 6.07) is 6.74. The van der Waals surface area contributed by atoms with Crippen molar-refractivity contribution >= 4 is 27.4 Å². The number of rotatable bonds is 5. The maximum absolute atomic E-state index is 11.3. The number of thioether (sulfide) groups is 1. The lowest BCUT2D eigenvalue weighted by Gasteiger charge is -2.09. The number of sulfone groups is 1. The summed E-state index contributed by atoms with van der Waals surface area (Å²) in [7, 11) is -3.13. The van der Waals surface area contributed by atoms with Crippen molar-refractivity contribution in [1.29, 1.82) is 0 Å². The summed E-state index contributed by atoms with van der Waals surface area (Å²) in [6.07, 6.45) is 1.71. The number of ketones is 1. The molecule has 94 valence electrons. The van der Waals surface area contributed by atoms with E-state index in [1.807, 2.05) is 6.92 Å². The fraction of sp³-hybridized carbons (Fsp3) is 0.417. The maximum Gasteiger partial charge on any atom is 0.175 e. The minimum absolute atomic E-state index is 0.165. The van der Waals surface area contributed by atoms with Crippen molar-refractivity contribution < 1.29 is 13.2 Å². The Labute approximate surface area is 107 Å². The number of carbonyl (C=O) groups excluding carboxylic acids is 1. The number of hydrogen-bond donors (Lipinski definition) is 0. The number of hydrogen-bond acceptors (Lipinski definition) is 4. The number of carbonyl (C=O) groups is 1. The molecule has 0 saturated heterocycles. The molecule has 0 amide bonds. The zero-order chi connectivity index (χ0) is 13.1. The van der Waals surface area contributed by atoms with Crippen LogP contribution in [-0.2, 0) is 14.6 Å². The summed E-state index contributed by atoms with van der Waals surface area (Å²) in [5.74, 6) is 0.165. The van der Waals surface area contributed by atoms with Gasteiger partial charge in [0.2, 0.25) is 0 Å². The first-order chi connectivity index (χ1) is 7.79. The third-order valence-corrected chi connectivity index (χ3v) is 4.41. The normalized spacial score (nSPS) is 13.4. The van der Waals surface area contributed by atoms with Gasteiger partial charge in [0.25, 0.3) is 0 Å². The van der Waals surface area contributed by atoms with E-state index in [2.05, 4.69) is 0 Å². The molecule has 5 heteroatoms. The second-order valence-corrected chi connectivity index (χ2v) is 7.61. The largest absolute Gasteiger partial charge is 0.300 e. The van der Waals surface area contributed by atoms with E-state index in [-0.39, 0.29) is 11.0 Å². The van der Waals surface area contributed by atoms with Crippen LogP contribution in [0.2, 0.25) is 0 Å². The van der Waals surface area contributed by atoms with Gasteiger partial charge in [-0.3, -0.25) is 4.79 Å². The first-order valence-electron chi connectivity index (χ1n) is 5.25. The molecular formula is C12H16O3S2. The monoisotopic (exact) mass is 272 g/mol. The number of Topliss-reactive ketones (excluding diaryl/α,β-unsaturated/α-hetero) is 1. The Bertz CT molecular complexity index is 489. The molecule has 0 aliphatic heterocycles. The predicted octanol–water partition coefficient (Wildman–Crippen LogP) is 2.55. The highest BCUT2D eigenvalue weighted by Gasteiger charge is 2.09. The van der Waals surface area contributed by atoms with Gasteiger partial charge in [-0.15, -0.1) is 11.8 Å². The molecule has 0 radical (unpaired) electrons. The highest BCUT2D eigenvalue weighted by molar-refractivity contribution is 8.00. The molecule has 0 saturated carbocycles. The van der Waals surface area contributed by atoms with Gasteiger partial charge >= 0.3 is 0 Å². The summed E-state index contributed by atoms with van der Waals surface area (Å²) in [5, 5.41) is 0.205. The van der Waals surface area contributed by atoms with Gasteiger partial charge in [-0.25, -0.2) is 8.42 Å². The molecule has 0 aromatic heterocycles. The summed E-state index contributed by atoms with van der Waals surface area (Å²) < 4.78 is 22.5. The van der Waals surface area contributed by atoms with Crippen LogP contribution in [0.5, 0.6) is 0 Å². The van der Waals surface area contributed by atoms with E-state index < -0.39 is 9.84 Å². The van der Waals surface area contributed by atoms with Gasteiger partial charge in [-0.1, -0.05) is 6.92 Å². The van der Waals surface area contributed by atoms with Gasteiger partial charge in [0, 0.05) is 22.8 Å². The van der Waals surface area contributed by atoms with Crippen molar-refractivity contribution in [2.24, 2.45) is 0 Å². The van der Waals surface area contributed by atoms with E-state index in [1.54, 1.807) is 43.0 Å². The Balaban J connectivity index is 2.72. The van der Waals surface area contributed by atoms with Gasteiger partial charge in [0.1, 0.15) is 5.78 Å². The van der Waals surface area contributed by atoms with E-state index in [1.165, 1.54) is 6.26 Å². The fourth-order valence-electron chi connectivity index (χ4n) is 1.44. The first-order valence-corrected chi connectivity index (χ1v) is 8.02. The minimum Gasteiger partial charge on any atom is -0.300 e. The van der Waals surface area contributed by atoms with Crippen LogP contribution in [-0.4, -0.2) is 25.7 Å². The van der Waals surface area contributed by atoms with Crippen molar-refractivity contribution in [1.82, 2.24) is 0 Å². The molecule has 0 heterocycles. The quantitative estimate of drug-likeness (QED) is 0.773. The molecular weight excluding hydrogens is 256 g/mol. The molecule has 0 spiro atoms. The molecule has 0 bridgehead atoms. The molecule has 0 aliphatic rings. The van der Waals surface area contributed by atoms with Crippen molar-refractivity contribution in [3.8, 4) is 0 Å². The first kappa shape index (κ1) is 14.3. The van der Waals surface area contributed by atoms with Crippen LogP contribution in [0, 0.1) is 0 Å². The molecule has 1 atom stereocenters. The lowest BCUT2D eigenvalue weighted by molar-refractivity contribution is -0.116. The lowest BCUT2D eigenvalue weighted by atomic mass is 10.2. The molecule has 0 fully saturated rings. The third-order valence-electron chi connectivity index (χ3n) is 2.16. The van der Waals surface area contributed by atoms with Crippen LogP contribution < -0.4 is 0 Å². The smallest absolute Gasteiger partial charge is 0.175 e. The molecule has 3 nitrogen and oxygen atoms in total. The van der Waals surface area contributed by atoms with Crippen LogP contribution >= 0.6 is 11.8 Å². The van der Waals surface area contributed by atoms with Gasteiger partial charge in [0.05, 0.1) is 4.90 Å². The van der Waals surface area contributed by atoms with Gasteiger partial charge in [-0.2, -0.15) is 0 Å². The molecule has 17 heavy (non-hydrogen) atoms.